The third kappa shape index (κ3) is 14.6. The quantitative estimate of drug-likeness (QED) is 0.0264. The molecule has 8 fully saturated rings. The molecule has 30 atom stereocenters. The first-order valence-corrected chi connectivity index (χ1v) is 31.5. The summed E-state index contributed by atoms with van der Waals surface area (Å²) in [6.07, 6.45) is -37.3. The predicted octanol–water partition coefficient (Wildman–Crippen LogP) is -9.40. The molecule has 4 aliphatic carbocycles. The molecule has 30 nitrogen and oxygen atoms in total. The number of carbonyl (C=O) groups is 1. The largest absolute Gasteiger partial charge is 1.00 e. The number of aliphatic hydroxyl groups is 10. The molecule has 3 saturated carbocycles. The maximum Gasteiger partial charge on any atom is 1.00 e. The van der Waals surface area contributed by atoms with E-state index in [-0.39, 0.29) is 98.9 Å². The van der Waals surface area contributed by atoms with Crippen LogP contribution in [0.15, 0.2) is 11.6 Å². The zero-order chi connectivity index (χ0) is 62.4. The maximum atomic E-state index is 13.0. The van der Waals surface area contributed by atoms with Crippen LogP contribution in [0.5, 0.6) is 0 Å². The van der Waals surface area contributed by atoms with Crippen molar-refractivity contribution < 1.29 is 201 Å². The van der Waals surface area contributed by atoms with Crippen molar-refractivity contribution in [1.29, 1.82) is 0 Å². The summed E-state index contributed by atoms with van der Waals surface area (Å²) >= 11 is 0. The van der Waals surface area contributed by atoms with Crippen molar-refractivity contribution in [3.63, 3.8) is 0 Å². The molecule has 0 spiro atoms. The Kier molecular flexibility index (Phi) is 24.5. The molecule has 0 radical (unpaired) electrons. The van der Waals surface area contributed by atoms with Gasteiger partial charge in [-0.15, -0.1) is 0 Å². The van der Waals surface area contributed by atoms with Crippen LogP contribution in [-0.2, 0) is 86.1 Å². The first kappa shape index (κ1) is 74.7. The summed E-state index contributed by atoms with van der Waals surface area (Å²) in [6, 6.07) is 0. The average molecular weight is 1310 g/mol. The summed E-state index contributed by atoms with van der Waals surface area (Å²) in [6.45, 7) is 10.4. The van der Waals surface area contributed by atoms with E-state index in [0.29, 0.717) is 19.3 Å². The Morgan fingerprint density at radius 1 is 0.632 bits per heavy atom. The monoisotopic (exact) mass is 1310 g/mol. The Morgan fingerprint density at radius 3 is 1.85 bits per heavy atom. The molecule has 10 N–H and O–H groups in total. The summed E-state index contributed by atoms with van der Waals surface area (Å²) in [7, 11) is -9.98. The number of rotatable bonds is 18. The zero-order valence-electron chi connectivity index (χ0n) is 50.4. The van der Waals surface area contributed by atoms with Crippen molar-refractivity contribution in [1.82, 2.24) is 0 Å². The molecule has 0 aromatic rings. The van der Waals surface area contributed by atoms with Gasteiger partial charge in [0.15, 0.2) is 31.5 Å². The summed E-state index contributed by atoms with van der Waals surface area (Å²) in [4.78, 5) is 13.0. The fourth-order valence-electron chi connectivity index (χ4n) is 15.8. The molecule has 0 bridgehead atoms. The van der Waals surface area contributed by atoms with E-state index in [9.17, 15) is 81.8 Å². The molecule has 0 unspecified atom stereocenters. The van der Waals surface area contributed by atoms with Crippen LogP contribution in [0.1, 0.15) is 93.4 Å². The Labute approximate surface area is 549 Å². The number of methoxy groups -OCH3 is 1. The Bertz CT molecular complexity index is 2610. The van der Waals surface area contributed by atoms with Gasteiger partial charge in [0.05, 0.1) is 38.6 Å². The third-order valence-corrected chi connectivity index (χ3v) is 21.6. The summed E-state index contributed by atoms with van der Waals surface area (Å²) in [5.41, 5.74) is 0.123. The van der Waals surface area contributed by atoms with E-state index in [0.717, 1.165) is 32.8 Å². The van der Waals surface area contributed by atoms with E-state index >= 15 is 0 Å². The van der Waals surface area contributed by atoms with E-state index in [1.807, 2.05) is 0 Å². The smallest absolute Gasteiger partial charge is 0.726 e. The number of carbonyl (C=O) groups excluding carboxylic acids is 1. The van der Waals surface area contributed by atoms with Gasteiger partial charge in [-0.1, -0.05) is 46.3 Å². The molecular formula is C53H84Na2O30S2. The second kappa shape index (κ2) is 28.6. The van der Waals surface area contributed by atoms with Gasteiger partial charge >= 0.3 is 59.1 Å². The van der Waals surface area contributed by atoms with Crippen LogP contribution in [0.2, 0.25) is 0 Å². The second-order valence-electron chi connectivity index (χ2n) is 25.7. The van der Waals surface area contributed by atoms with Crippen molar-refractivity contribution >= 4 is 26.6 Å². The molecule has 34 heteroatoms. The number of ketones is 1. The number of aliphatic hydroxyl groups excluding tert-OH is 10. The predicted molar refractivity (Wildman–Crippen MR) is 277 cm³/mol. The molecule has 5 saturated heterocycles. The van der Waals surface area contributed by atoms with Gasteiger partial charge in [-0.05, 0) is 92.3 Å². The minimum absolute atomic E-state index is 0. The van der Waals surface area contributed by atoms with Gasteiger partial charge < -0.3 is 112 Å². The van der Waals surface area contributed by atoms with E-state index < -0.39 is 200 Å². The van der Waals surface area contributed by atoms with Crippen LogP contribution in [0, 0.1) is 39.4 Å². The van der Waals surface area contributed by atoms with Gasteiger partial charge in [-0.25, -0.2) is 16.8 Å². The minimum atomic E-state index is -5.55. The second-order valence-corrected chi connectivity index (χ2v) is 27.8. The standard InChI is InChI=1S/C53H86O30S2.2Na/c1-21(55)23-11-15-53(7)25-9-10-30-50(3,4)31(13-14-51(30,5)24(25)12-16-52(23,53)6)78-48-43(36(61)29(19-73-48)83-85(68,69)70)81-49-44(82-45-37(62)33(58)26(56)18-72-45)42(32(57)22(2)75-49)80-47-39(64)41(35(60)28(77-47)20-74-84(65,66)67)79-46-38(63)40(71-8)34(59)27(17-54)76-46;;/h9,22-24,26-49,54,56-64H,10-20H2,1-8H3,(H,65,66,67)(H,68,69,70);;/q;2*+1/p-2/t22-,23-,24+,26-,27-,28-,29-,30+,31+,32-,33+,34-,35-,36+,37-,38-,39-,40+,41+,42+,43-,44-,45+,46+,47+,48+,49+,51-,52-,53+;;/m1../s1. The Balaban J connectivity index is 0.00000541. The molecule has 5 heterocycles. The first-order chi connectivity index (χ1) is 39.6. The van der Waals surface area contributed by atoms with Gasteiger partial charge in [0.2, 0.25) is 20.8 Å². The maximum absolute atomic E-state index is 13.0. The van der Waals surface area contributed by atoms with Gasteiger partial charge in [-0.2, -0.15) is 0 Å². The SMILES string of the molecule is CO[C@@H]1[C@@H](O)[C@H](O[C@@H]2[C@@H](O)[C@H](O[C@H]3[C@H](O)[C@@H](C)O[C@@H](O[C@H]4[C@H](O[C@H]5CC[C@]6(C)[C@H]7CC[C@]8(C)[C@@H](C(C)=O)CC[C@@]8(C)C7=CC[C@H]6C5(C)C)OC[C@@H](OS(=O)(=O)[O-])[C@@H]4O)[C@@H]3O[C@@H]3OC[C@@H](O)[C@H](O)[C@H]3O)O[C@H](COS(=O)(=O)[O-])[C@H]2O)O[C@H](CO)[C@H]1O.[Na+].[Na+]. The minimum Gasteiger partial charge on any atom is -0.726 e. The van der Waals surface area contributed by atoms with Crippen molar-refractivity contribution in [3.8, 4) is 0 Å². The number of ether oxygens (including phenoxy) is 11. The van der Waals surface area contributed by atoms with Crippen molar-refractivity contribution in [2.75, 3.05) is 33.5 Å². The van der Waals surface area contributed by atoms with Gasteiger partial charge in [-0.3, -0.25) is 13.2 Å². The molecule has 490 valence electrons. The van der Waals surface area contributed by atoms with Gasteiger partial charge in [0.1, 0.15) is 110 Å². The van der Waals surface area contributed by atoms with Crippen LogP contribution in [0.3, 0.4) is 0 Å². The van der Waals surface area contributed by atoms with Crippen LogP contribution >= 0.6 is 0 Å². The van der Waals surface area contributed by atoms with Crippen LogP contribution in [0.25, 0.3) is 0 Å². The molecule has 0 aromatic carbocycles. The van der Waals surface area contributed by atoms with Gasteiger partial charge in [0, 0.05) is 13.0 Å². The number of hydrogen-bond acceptors (Lipinski definition) is 30. The van der Waals surface area contributed by atoms with Crippen LogP contribution in [0.4, 0.5) is 0 Å². The van der Waals surface area contributed by atoms with Crippen LogP contribution in [-0.4, -0.2) is 264 Å². The number of fused-ring (bicyclic) bond motifs is 5. The summed E-state index contributed by atoms with van der Waals surface area (Å²) in [5.74, 6) is 0.372. The van der Waals surface area contributed by atoms with Crippen LogP contribution < -0.4 is 59.1 Å². The van der Waals surface area contributed by atoms with E-state index in [2.05, 4.69) is 44.9 Å². The topological polar surface area (TPSA) is 454 Å². The molecular weight excluding hydrogens is 1230 g/mol. The molecule has 5 aliphatic heterocycles. The van der Waals surface area contributed by atoms with E-state index in [1.165, 1.54) is 12.5 Å². The van der Waals surface area contributed by atoms with Gasteiger partial charge in [0.25, 0.3) is 0 Å². The molecule has 9 aliphatic rings. The van der Waals surface area contributed by atoms with E-state index in [4.69, 9.17) is 56.3 Å². The molecule has 0 aromatic heterocycles. The summed E-state index contributed by atoms with van der Waals surface area (Å²) in [5, 5.41) is 112. The number of allylic oxidation sites excluding steroid dienone is 2. The van der Waals surface area contributed by atoms with Crippen molar-refractivity contribution in [2.24, 2.45) is 39.4 Å². The molecule has 87 heavy (non-hydrogen) atoms. The molecule has 9 rings (SSSR count). The fraction of sp³-hybridized carbons (Fsp3) is 0.943. The fourth-order valence-corrected chi connectivity index (χ4v) is 16.6. The molecule has 0 amide bonds. The average Bonchev–Trinajstić information content (AvgIpc) is 1.68. The van der Waals surface area contributed by atoms with Crippen molar-refractivity contribution in [2.45, 2.75) is 241 Å². The zero-order valence-corrected chi connectivity index (χ0v) is 56.0. The first-order valence-electron chi connectivity index (χ1n) is 28.8. The number of hydrogen-bond donors (Lipinski definition) is 10. The van der Waals surface area contributed by atoms with Crippen molar-refractivity contribution in [3.05, 3.63) is 11.6 Å². The Morgan fingerprint density at radius 2 is 1.23 bits per heavy atom. The normalized spacial score (nSPS) is 49.2. The Hall–Kier alpha value is 0.310. The third-order valence-electron chi connectivity index (χ3n) is 20.7. The van der Waals surface area contributed by atoms with E-state index in [1.54, 1.807) is 6.92 Å². The number of Topliss-reactive ketones (excluding diaryl/α,β-unsaturated/α-hetero) is 1. The summed E-state index contributed by atoms with van der Waals surface area (Å²) < 4.78 is 147.